The van der Waals surface area contributed by atoms with Crippen LogP contribution in [0.15, 0.2) is 30.3 Å². The molecule has 0 fully saturated rings. The van der Waals surface area contributed by atoms with Crippen LogP contribution in [0.4, 0.5) is 11.8 Å². The molecule has 2 aromatic rings. The maximum absolute atomic E-state index is 9.00. The van der Waals surface area contributed by atoms with Gasteiger partial charge in [-0.15, -0.1) is 0 Å². The number of fused-ring (bicyclic) bond motifs is 1. The molecule has 1 aliphatic heterocycles. The minimum atomic E-state index is 0.0711. The quantitative estimate of drug-likeness (QED) is 0.888. The standard InChI is InChI=1S/C18H24N4O/c1-13(2)16-11-17(21-18(20-16)19-8-10-23)22-9-7-14-5-3-4-6-15(14)12-22/h3-6,11,13,23H,7-10,12H2,1-2H3,(H,19,20,21). The lowest BCUT2D eigenvalue weighted by Gasteiger charge is -2.30. The van der Waals surface area contributed by atoms with Gasteiger partial charge in [0.05, 0.1) is 12.3 Å². The monoisotopic (exact) mass is 312 g/mol. The molecule has 1 aliphatic rings. The summed E-state index contributed by atoms with van der Waals surface area (Å²) in [6, 6.07) is 10.7. The van der Waals surface area contributed by atoms with Gasteiger partial charge < -0.3 is 15.3 Å². The summed E-state index contributed by atoms with van der Waals surface area (Å²) in [5.41, 5.74) is 3.82. The number of nitrogens with one attached hydrogen (secondary N) is 1. The van der Waals surface area contributed by atoms with E-state index in [0.717, 1.165) is 31.0 Å². The first kappa shape index (κ1) is 15.7. The van der Waals surface area contributed by atoms with Gasteiger partial charge in [-0.1, -0.05) is 38.1 Å². The molecule has 0 saturated carbocycles. The average Bonchev–Trinajstić information content (AvgIpc) is 2.59. The van der Waals surface area contributed by atoms with Gasteiger partial charge in [0.15, 0.2) is 0 Å². The Hall–Kier alpha value is -2.14. The van der Waals surface area contributed by atoms with Crippen molar-refractivity contribution in [2.75, 3.05) is 29.9 Å². The Morgan fingerprint density at radius 2 is 2.00 bits per heavy atom. The molecule has 1 aromatic carbocycles. The molecule has 5 heteroatoms. The number of hydrogen-bond donors (Lipinski definition) is 2. The van der Waals surface area contributed by atoms with Gasteiger partial charge in [0.25, 0.3) is 0 Å². The molecule has 0 saturated heterocycles. The third kappa shape index (κ3) is 3.62. The van der Waals surface area contributed by atoms with Crippen LogP contribution in [0.5, 0.6) is 0 Å². The van der Waals surface area contributed by atoms with Crippen LogP contribution >= 0.6 is 0 Å². The van der Waals surface area contributed by atoms with E-state index in [9.17, 15) is 0 Å². The Labute approximate surface area is 137 Å². The molecule has 0 aliphatic carbocycles. The van der Waals surface area contributed by atoms with Crippen LogP contribution in [-0.2, 0) is 13.0 Å². The number of hydrogen-bond acceptors (Lipinski definition) is 5. The van der Waals surface area contributed by atoms with Crippen molar-refractivity contribution in [1.29, 1.82) is 0 Å². The van der Waals surface area contributed by atoms with Crippen LogP contribution in [0.25, 0.3) is 0 Å². The molecule has 0 unspecified atom stereocenters. The van der Waals surface area contributed by atoms with Crippen molar-refractivity contribution in [2.24, 2.45) is 0 Å². The molecule has 0 radical (unpaired) electrons. The van der Waals surface area contributed by atoms with E-state index in [4.69, 9.17) is 5.11 Å². The van der Waals surface area contributed by atoms with E-state index < -0.39 is 0 Å². The molecule has 3 rings (SSSR count). The fourth-order valence-corrected chi connectivity index (χ4v) is 2.85. The van der Waals surface area contributed by atoms with Crippen LogP contribution in [-0.4, -0.2) is 34.8 Å². The smallest absolute Gasteiger partial charge is 0.224 e. The van der Waals surface area contributed by atoms with Crippen LogP contribution < -0.4 is 10.2 Å². The van der Waals surface area contributed by atoms with E-state index in [2.05, 4.69) is 64.4 Å². The highest BCUT2D eigenvalue weighted by Crippen LogP contribution is 2.26. The van der Waals surface area contributed by atoms with Crippen molar-refractivity contribution >= 4 is 11.8 Å². The molecular weight excluding hydrogens is 288 g/mol. The summed E-state index contributed by atoms with van der Waals surface area (Å²) in [5.74, 6) is 1.89. The molecule has 0 bridgehead atoms. The average molecular weight is 312 g/mol. The molecule has 0 atom stereocenters. The topological polar surface area (TPSA) is 61.3 Å². The Kier molecular flexibility index (Phi) is 4.76. The van der Waals surface area contributed by atoms with Gasteiger partial charge in [-0.25, -0.2) is 4.98 Å². The Balaban J connectivity index is 1.88. The second kappa shape index (κ2) is 6.96. The first-order valence-electron chi connectivity index (χ1n) is 8.23. The van der Waals surface area contributed by atoms with Crippen molar-refractivity contribution in [2.45, 2.75) is 32.7 Å². The van der Waals surface area contributed by atoms with Gasteiger partial charge in [0.2, 0.25) is 5.95 Å². The molecular formula is C18H24N4O. The van der Waals surface area contributed by atoms with Crippen molar-refractivity contribution in [3.05, 3.63) is 47.2 Å². The SMILES string of the molecule is CC(C)c1cc(N2CCc3ccccc3C2)nc(NCCO)n1. The first-order chi connectivity index (χ1) is 11.2. The zero-order valence-corrected chi connectivity index (χ0v) is 13.8. The molecule has 0 spiro atoms. The van der Waals surface area contributed by atoms with Crippen molar-refractivity contribution in [3.63, 3.8) is 0 Å². The fourth-order valence-electron chi connectivity index (χ4n) is 2.85. The molecule has 122 valence electrons. The summed E-state index contributed by atoms with van der Waals surface area (Å²) < 4.78 is 0. The van der Waals surface area contributed by atoms with Gasteiger partial charge in [-0.2, -0.15) is 4.98 Å². The van der Waals surface area contributed by atoms with Crippen LogP contribution in [0.1, 0.15) is 36.6 Å². The molecule has 1 aromatic heterocycles. The highest BCUT2D eigenvalue weighted by Gasteiger charge is 2.19. The number of benzene rings is 1. The van der Waals surface area contributed by atoms with E-state index in [1.807, 2.05) is 0 Å². The number of aromatic nitrogens is 2. The van der Waals surface area contributed by atoms with E-state index in [0.29, 0.717) is 18.4 Å². The van der Waals surface area contributed by atoms with E-state index in [1.165, 1.54) is 11.1 Å². The fraction of sp³-hybridized carbons (Fsp3) is 0.444. The maximum atomic E-state index is 9.00. The van der Waals surface area contributed by atoms with Crippen molar-refractivity contribution < 1.29 is 5.11 Å². The lowest BCUT2D eigenvalue weighted by Crippen LogP contribution is -2.31. The van der Waals surface area contributed by atoms with Gasteiger partial charge in [0.1, 0.15) is 5.82 Å². The Morgan fingerprint density at radius 3 is 2.74 bits per heavy atom. The predicted octanol–water partition coefficient (Wildman–Crippen LogP) is 2.57. The number of nitrogens with zero attached hydrogens (tertiary/aromatic N) is 3. The number of aliphatic hydroxyl groups excluding tert-OH is 1. The number of aliphatic hydroxyl groups is 1. The summed E-state index contributed by atoms with van der Waals surface area (Å²) in [6.07, 6.45) is 1.04. The summed E-state index contributed by atoms with van der Waals surface area (Å²) in [5, 5.41) is 12.1. The predicted molar refractivity (Wildman–Crippen MR) is 92.9 cm³/mol. The molecule has 23 heavy (non-hydrogen) atoms. The minimum absolute atomic E-state index is 0.0711. The van der Waals surface area contributed by atoms with Gasteiger partial charge >= 0.3 is 0 Å². The highest BCUT2D eigenvalue weighted by molar-refractivity contribution is 5.48. The third-order valence-electron chi connectivity index (χ3n) is 4.17. The van der Waals surface area contributed by atoms with Crippen LogP contribution in [0, 0.1) is 0 Å². The lowest BCUT2D eigenvalue weighted by atomic mass is 10.00. The number of rotatable bonds is 5. The summed E-state index contributed by atoms with van der Waals surface area (Å²) in [6.45, 7) is 6.64. The van der Waals surface area contributed by atoms with Crippen LogP contribution in [0.3, 0.4) is 0 Å². The normalized spacial score (nSPS) is 14.0. The summed E-state index contributed by atoms with van der Waals surface area (Å²) >= 11 is 0. The zero-order valence-electron chi connectivity index (χ0n) is 13.8. The van der Waals surface area contributed by atoms with Gasteiger partial charge in [0, 0.05) is 25.7 Å². The third-order valence-corrected chi connectivity index (χ3v) is 4.17. The Bertz CT molecular complexity index is 672. The minimum Gasteiger partial charge on any atom is -0.395 e. The largest absolute Gasteiger partial charge is 0.395 e. The summed E-state index contributed by atoms with van der Waals surface area (Å²) in [7, 11) is 0. The zero-order chi connectivity index (χ0) is 16.2. The molecule has 0 amide bonds. The van der Waals surface area contributed by atoms with Crippen molar-refractivity contribution in [3.8, 4) is 0 Å². The van der Waals surface area contributed by atoms with Crippen LogP contribution in [0.2, 0.25) is 0 Å². The van der Waals surface area contributed by atoms with E-state index in [1.54, 1.807) is 0 Å². The lowest BCUT2D eigenvalue weighted by molar-refractivity contribution is 0.311. The molecule has 2 N–H and O–H groups in total. The van der Waals surface area contributed by atoms with Crippen molar-refractivity contribution in [1.82, 2.24) is 9.97 Å². The van der Waals surface area contributed by atoms with Gasteiger partial charge in [-0.3, -0.25) is 0 Å². The maximum Gasteiger partial charge on any atom is 0.224 e. The second-order valence-corrected chi connectivity index (χ2v) is 6.22. The second-order valence-electron chi connectivity index (χ2n) is 6.22. The van der Waals surface area contributed by atoms with E-state index >= 15 is 0 Å². The Morgan fingerprint density at radius 1 is 1.22 bits per heavy atom. The summed E-state index contributed by atoms with van der Waals surface area (Å²) in [4.78, 5) is 11.5. The highest BCUT2D eigenvalue weighted by atomic mass is 16.3. The van der Waals surface area contributed by atoms with E-state index in [-0.39, 0.29) is 6.61 Å². The molecule has 2 heterocycles. The number of anilines is 2. The molecule has 5 nitrogen and oxygen atoms in total. The first-order valence-corrected chi connectivity index (χ1v) is 8.23. The van der Waals surface area contributed by atoms with Gasteiger partial charge in [-0.05, 0) is 23.5 Å².